The summed E-state index contributed by atoms with van der Waals surface area (Å²) in [5, 5.41) is 2.87. The minimum absolute atomic E-state index is 0.0142. The number of amides is 1. The van der Waals surface area contributed by atoms with Gasteiger partial charge in [0.1, 0.15) is 5.75 Å². The van der Waals surface area contributed by atoms with E-state index in [1.807, 2.05) is 24.3 Å². The Morgan fingerprint density at radius 1 is 1.04 bits per heavy atom. The summed E-state index contributed by atoms with van der Waals surface area (Å²) in [5.41, 5.74) is 3.40. The van der Waals surface area contributed by atoms with Crippen LogP contribution in [0.25, 0.3) is 0 Å². The summed E-state index contributed by atoms with van der Waals surface area (Å²) in [6, 6.07) is 16.0. The molecule has 0 fully saturated rings. The maximum Gasteiger partial charge on any atom is 0.262 e. The third-order valence-corrected chi connectivity index (χ3v) is 4.49. The number of benzene rings is 2. The van der Waals surface area contributed by atoms with E-state index in [0.717, 1.165) is 24.3 Å². The Morgan fingerprint density at radius 3 is 2.32 bits per heavy atom. The molecule has 0 spiro atoms. The van der Waals surface area contributed by atoms with E-state index in [1.54, 1.807) is 0 Å². The van der Waals surface area contributed by atoms with Gasteiger partial charge in [-0.05, 0) is 60.6 Å². The second kappa shape index (κ2) is 9.87. The van der Waals surface area contributed by atoms with Gasteiger partial charge in [-0.3, -0.25) is 4.79 Å². The molecule has 0 saturated carbocycles. The van der Waals surface area contributed by atoms with E-state index in [-0.39, 0.29) is 12.5 Å². The molecular formula is C22H29NO2. The molecule has 2 aromatic carbocycles. The fourth-order valence-corrected chi connectivity index (χ4v) is 2.61. The molecule has 2 aromatic rings. The van der Waals surface area contributed by atoms with Crippen molar-refractivity contribution in [3.63, 3.8) is 0 Å². The molecule has 25 heavy (non-hydrogen) atoms. The van der Waals surface area contributed by atoms with Crippen molar-refractivity contribution in [2.45, 2.75) is 52.4 Å². The number of hydrogen-bond donors (Lipinski definition) is 1. The van der Waals surface area contributed by atoms with Gasteiger partial charge in [-0.1, -0.05) is 51.5 Å². The van der Waals surface area contributed by atoms with Gasteiger partial charge >= 0.3 is 0 Å². The zero-order chi connectivity index (χ0) is 18.1. The van der Waals surface area contributed by atoms with Crippen LogP contribution in [0.2, 0.25) is 0 Å². The van der Waals surface area contributed by atoms with Crippen LogP contribution in [-0.2, 0) is 11.2 Å². The Kier molecular flexibility index (Phi) is 7.52. The van der Waals surface area contributed by atoms with Crippen LogP contribution >= 0.6 is 0 Å². The minimum atomic E-state index is -0.146. The molecule has 134 valence electrons. The van der Waals surface area contributed by atoms with Gasteiger partial charge in [0.25, 0.3) is 5.91 Å². The topological polar surface area (TPSA) is 38.3 Å². The molecule has 0 bridgehead atoms. The predicted octanol–water partition coefficient (Wildman–Crippen LogP) is 5.56. The first-order chi connectivity index (χ1) is 12.1. The number of unbranched alkanes of at least 4 members (excludes halogenated alkanes) is 1. The van der Waals surface area contributed by atoms with E-state index >= 15 is 0 Å². The van der Waals surface area contributed by atoms with Gasteiger partial charge < -0.3 is 10.1 Å². The average molecular weight is 339 g/mol. The number of anilines is 1. The first-order valence-corrected chi connectivity index (χ1v) is 9.24. The van der Waals surface area contributed by atoms with Crippen LogP contribution in [-0.4, -0.2) is 12.5 Å². The second-order valence-corrected chi connectivity index (χ2v) is 6.52. The van der Waals surface area contributed by atoms with Crippen molar-refractivity contribution < 1.29 is 9.53 Å². The number of carbonyl (C=O) groups excluding carboxylic acids is 1. The maximum atomic E-state index is 12.0. The van der Waals surface area contributed by atoms with Gasteiger partial charge in [0.05, 0.1) is 0 Å². The second-order valence-electron chi connectivity index (χ2n) is 6.52. The SMILES string of the molecule is CCCCc1ccc(NC(=O)COc2ccc([C@@H](C)CC)cc2)cc1. The molecule has 0 saturated heterocycles. The zero-order valence-corrected chi connectivity index (χ0v) is 15.5. The zero-order valence-electron chi connectivity index (χ0n) is 15.5. The van der Waals surface area contributed by atoms with Crippen LogP contribution in [0.15, 0.2) is 48.5 Å². The molecule has 1 amide bonds. The molecule has 0 unspecified atom stereocenters. The minimum Gasteiger partial charge on any atom is -0.484 e. The highest BCUT2D eigenvalue weighted by atomic mass is 16.5. The van der Waals surface area contributed by atoms with E-state index in [4.69, 9.17) is 4.74 Å². The fourth-order valence-electron chi connectivity index (χ4n) is 2.61. The molecule has 0 aromatic heterocycles. The summed E-state index contributed by atoms with van der Waals surface area (Å²) in [5.74, 6) is 1.11. The third kappa shape index (κ3) is 6.26. The van der Waals surface area contributed by atoms with Crippen molar-refractivity contribution in [2.75, 3.05) is 11.9 Å². The van der Waals surface area contributed by atoms with Crippen molar-refractivity contribution >= 4 is 11.6 Å². The lowest BCUT2D eigenvalue weighted by Crippen LogP contribution is -2.20. The number of rotatable bonds is 9. The standard InChI is InChI=1S/C22H29NO2/c1-4-6-7-18-8-12-20(13-9-18)23-22(24)16-25-21-14-10-19(11-15-21)17(3)5-2/h8-15,17H,4-7,16H2,1-3H3,(H,23,24)/t17-/m0/s1. The number of aryl methyl sites for hydroxylation is 1. The van der Waals surface area contributed by atoms with Gasteiger partial charge in [-0.2, -0.15) is 0 Å². The predicted molar refractivity (Wildman–Crippen MR) is 104 cm³/mol. The van der Waals surface area contributed by atoms with Crippen molar-refractivity contribution in [1.82, 2.24) is 0 Å². The summed E-state index contributed by atoms with van der Waals surface area (Å²) in [6.45, 7) is 6.58. The Bertz CT molecular complexity index is 647. The van der Waals surface area contributed by atoms with Crippen LogP contribution in [0.5, 0.6) is 5.75 Å². The van der Waals surface area contributed by atoms with Gasteiger partial charge in [-0.15, -0.1) is 0 Å². The lowest BCUT2D eigenvalue weighted by atomic mass is 9.99. The van der Waals surface area contributed by atoms with Crippen molar-refractivity contribution in [3.8, 4) is 5.75 Å². The fraction of sp³-hybridized carbons (Fsp3) is 0.409. The monoisotopic (exact) mass is 339 g/mol. The molecule has 0 heterocycles. The van der Waals surface area contributed by atoms with E-state index in [2.05, 4.69) is 50.4 Å². The van der Waals surface area contributed by atoms with E-state index in [0.29, 0.717) is 5.92 Å². The highest BCUT2D eigenvalue weighted by molar-refractivity contribution is 5.91. The summed E-state index contributed by atoms with van der Waals surface area (Å²) < 4.78 is 5.57. The summed E-state index contributed by atoms with van der Waals surface area (Å²) in [7, 11) is 0. The number of ether oxygens (including phenoxy) is 1. The van der Waals surface area contributed by atoms with E-state index in [1.165, 1.54) is 24.0 Å². The molecule has 1 N–H and O–H groups in total. The lowest BCUT2D eigenvalue weighted by Gasteiger charge is -2.11. The number of hydrogen-bond acceptors (Lipinski definition) is 2. The Labute approximate surface area is 151 Å². The van der Waals surface area contributed by atoms with Gasteiger partial charge in [-0.25, -0.2) is 0 Å². The smallest absolute Gasteiger partial charge is 0.262 e. The van der Waals surface area contributed by atoms with Crippen molar-refractivity contribution in [3.05, 3.63) is 59.7 Å². The van der Waals surface area contributed by atoms with Crippen LogP contribution in [0, 0.1) is 0 Å². The van der Waals surface area contributed by atoms with Gasteiger partial charge in [0.15, 0.2) is 6.61 Å². The molecule has 1 atom stereocenters. The van der Waals surface area contributed by atoms with E-state index < -0.39 is 0 Å². The average Bonchev–Trinajstić information content (AvgIpc) is 2.65. The van der Waals surface area contributed by atoms with Crippen molar-refractivity contribution in [1.29, 1.82) is 0 Å². The number of carbonyl (C=O) groups is 1. The molecule has 0 aliphatic rings. The van der Waals surface area contributed by atoms with Crippen LogP contribution in [0.1, 0.15) is 57.1 Å². The summed E-state index contributed by atoms with van der Waals surface area (Å²) in [6.07, 6.45) is 4.57. The van der Waals surface area contributed by atoms with Crippen LogP contribution in [0.3, 0.4) is 0 Å². The molecule has 0 aliphatic heterocycles. The summed E-state index contributed by atoms with van der Waals surface area (Å²) >= 11 is 0. The highest BCUT2D eigenvalue weighted by Crippen LogP contribution is 2.21. The van der Waals surface area contributed by atoms with Gasteiger partial charge in [0, 0.05) is 5.69 Å². The highest BCUT2D eigenvalue weighted by Gasteiger charge is 2.06. The first-order valence-electron chi connectivity index (χ1n) is 9.24. The number of nitrogens with one attached hydrogen (secondary N) is 1. The summed E-state index contributed by atoms with van der Waals surface area (Å²) in [4.78, 5) is 12.0. The van der Waals surface area contributed by atoms with Crippen LogP contribution < -0.4 is 10.1 Å². The lowest BCUT2D eigenvalue weighted by molar-refractivity contribution is -0.118. The van der Waals surface area contributed by atoms with Crippen molar-refractivity contribution in [2.24, 2.45) is 0 Å². The third-order valence-electron chi connectivity index (χ3n) is 4.49. The largest absolute Gasteiger partial charge is 0.484 e. The van der Waals surface area contributed by atoms with Crippen LogP contribution in [0.4, 0.5) is 5.69 Å². The molecule has 3 nitrogen and oxygen atoms in total. The molecule has 3 heteroatoms. The molecule has 0 aliphatic carbocycles. The Hall–Kier alpha value is -2.29. The quantitative estimate of drug-likeness (QED) is 0.649. The molecular weight excluding hydrogens is 310 g/mol. The Balaban J connectivity index is 1.80. The maximum absolute atomic E-state index is 12.0. The molecule has 0 radical (unpaired) electrons. The first kappa shape index (κ1) is 19.0. The molecule has 2 rings (SSSR count). The Morgan fingerprint density at radius 2 is 1.72 bits per heavy atom. The van der Waals surface area contributed by atoms with E-state index in [9.17, 15) is 4.79 Å². The normalized spacial score (nSPS) is 11.8. The van der Waals surface area contributed by atoms with Gasteiger partial charge in [0.2, 0.25) is 0 Å².